The molecule has 1 aliphatic carbocycles. The van der Waals surface area contributed by atoms with Gasteiger partial charge >= 0.3 is 5.97 Å². The third-order valence-electron chi connectivity index (χ3n) is 3.69. The van der Waals surface area contributed by atoms with Crippen molar-refractivity contribution in [1.82, 2.24) is 4.72 Å². The highest BCUT2D eigenvalue weighted by atomic mass is 32.2. The van der Waals surface area contributed by atoms with E-state index in [1.807, 2.05) is 0 Å². The molecule has 0 bridgehead atoms. The Morgan fingerprint density at radius 3 is 2.75 bits per heavy atom. The summed E-state index contributed by atoms with van der Waals surface area (Å²) >= 11 is 0. The third kappa shape index (κ3) is 4.08. The number of nitrogens with one attached hydrogen (secondary N) is 1. The number of carboxylic acid groups (broad SMARTS) is 1. The molecule has 0 atom stereocenters. The SMILES string of the molecule is O=C(O)c1occc1CNS(=O)(=O)CCC1CCCC1. The molecule has 0 aromatic carbocycles. The highest BCUT2D eigenvalue weighted by molar-refractivity contribution is 7.89. The molecule has 1 fully saturated rings. The molecule has 1 heterocycles. The van der Waals surface area contributed by atoms with Crippen molar-refractivity contribution >= 4 is 16.0 Å². The van der Waals surface area contributed by atoms with Crippen LogP contribution in [-0.2, 0) is 16.6 Å². The van der Waals surface area contributed by atoms with E-state index in [1.54, 1.807) is 0 Å². The van der Waals surface area contributed by atoms with Crippen molar-refractivity contribution in [3.8, 4) is 0 Å². The maximum Gasteiger partial charge on any atom is 0.372 e. The lowest BCUT2D eigenvalue weighted by Gasteiger charge is -2.10. The molecule has 2 rings (SSSR count). The lowest BCUT2D eigenvalue weighted by Crippen LogP contribution is -2.27. The first-order valence-electron chi connectivity index (χ1n) is 6.75. The normalized spacial score (nSPS) is 16.6. The molecule has 1 aliphatic rings. The van der Waals surface area contributed by atoms with Gasteiger partial charge in [-0.15, -0.1) is 0 Å². The zero-order chi connectivity index (χ0) is 14.6. The van der Waals surface area contributed by atoms with Crippen LogP contribution in [0.1, 0.15) is 48.2 Å². The molecule has 1 aromatic heterocycles. The monoisotopic (exact) mass is 301 g/mol. The number of sulfonamides is 1. The summed E-state index contributed by atoms with van der Waals surface area (Å²) in [4.78, 5) is 10.8. The van der Waals surface area contributed by atoms with Crippen molar-refractivity contribution in [3.05, 3.63) is 23.7 Å². The highest BCUT2D eigenvalue weighted by Gasteiger charge is 2.20. The van der Waals surface area contributed by atoms with Gasteiger partial charge in [0.15, 0.2) is 0 Å². The summed E-state index contributed by atoms with van der Waals surface area (Å²) in [7, 11) is -3.37. The molecule has 1 aromatic rings. The lowest BCUT2D eigenvalue weighted by molar-refractivity contribution is 0.0660. The van der Waals surface area contributed by atoms with Crippen LogP contribution in [0.4, 0.5) is 0 Å². The van der Waals surface area contributed by atoms with Gasteiger partial charge in [0.05, 0.1) is 12.0 Å². The number of furan rings is 1. The second kappa shape index (κ2) is 6.41. The molecule has 6 nitrogen and oxygen atoms in total. The summed E-state index contributed by atoms with van der Waals surface area (Å²) < 4.78 is 31.0. The van der Waals surface area contributed by atoms with Crippen LogP contribution in [0, 0.1) is 5.92 Å². The van der Waals surface area contributed by atoms with Crippen LogP contribution in [-0.4, -0.2) is 25.2 Å². The van der Waals surface area contributed by atoms with Crippen LogP contribution < -0.4 is 4.72 Å². The second-order valence-electron chi connectivity index (χ2n) is 5.16. The Morgan fingerprint density at radius 2 is 2.10 bits per heavy atom. The van der Waals surface area contributed by atoms with Gasteiger partial charge in [-0.2, -0.15) is 0 Å². The minimum atomic E-state index is -3.37. The van der Waals surface area contributed by atoms with E-state index >= 15 is 0 Å². The molecule has 1 saturated carbocycles. The molecular formula is C13H19NO5S. The highest BCUT2D eigenvalue weighted by Crippen LogP contribution is 2.27. The molecule has 0 spiro atoms. The van der Waals surface area contributed by atoms with Crippen LogP contribution in [0.2, 0.25) is 0 Å². The van der Waals surface area contributed by atoms with Crippen molar-refractivity contribution in [2.45, 2.75) is 38.6 Å². The fourth-order valence-electron chi connectivity index (χ4n) is 2.54. The van der Waals surface area contributed by atoms with E-state index in [-0.39, 0.29) is 18.1 Å². The molecule has 0 aliphatic heterocycles. The number of hydrogen-bond donors (Lipinski definition) is 2. The van der Waals surface area contributed by atoms with Crippen molar-refractivity contribution in [2.24, 2.45) is 5.92 Å². The summed E-state index contributed by atoms with van der Waals surface area (Å²) in [5.74, 6) is -0.813. The summed E-state index contributed by atoms with van der Waals surface area (Å²) in [6.45, 7) is -0.0505. The van der Waals surface area contributed by atoms with Crippen LogP contribution in [0.5, 0.6) is 0 Å². The van der Waals surface area contributed by atoms with Gasteiger partial charge < -0.3 is 9.52 Å². The quantitative estimate of drug-likeness (QED) is 0.802. The maximum absolute atomic E-state index is 11.9. The first kappa shape index (κ1) is 15.1. The average Bonchev–Trinajstić information content (AvgIpc) is 3.05. The summed E-state index contributed by atoms with van der Waals surface area (Å²) in [5, 5.41) is 8.86. The van der Waals surface area contributed by atoms with Gasteiger partial charge in [0.2, 0.25) is 15.8 Å². The Kier molecular flexibility index (Phi) is 4.82. The molecule has 0 saturated heterocycles. The Labute approximate surface area is 118 Å². The molecule has 112 valence electrons. The van der Waals surface area contributed by atoms with Gasteiger partial charge in [-0.25, -0.2) is 17.9 Å². The number of carboxylic acids is 1. The maximum atomic E-state index is 11.9. The van der Waals surface area contributed by atoms with E-state index in [1.165, 1.54) is 25.2 Å². The minimum Gasteiger partial charge on any atom is -0.475 e. The van der Waals surface area contributed by atoms with Crippen molar-refractivity contribution in [2.75, 3.05) is 5.75 Å². The standard InChI is InChI=1S/C13H19NO5S/c15-13(16)12-11(5-7-19-12)9-14-20(17,18)8-6-10-3-1-2-4-10/h5,7,10,14H,1-4,6,8-9H2,(H,15,16). The first-order chi connectivity index (χ1) is 9.48. The van der Waals surface area contributed by atoms with Crippen molar-refractivity contribution < 1.29 is 22.7 Å². The number of rotatable bonds is 7. The summed E-state index contributed by atoms with van der Waals surface area (Å²) in [6.07, 6.45) is 6.52. The second-order valence-corrected chi connectivity index (χ2v) is 7.09. The van der Waals surface area contributed by atoms with Crippen LogP contribution >= 0.6 is 0 Å². The topological polar surface area (TPSA) is 96.6 Å². The predicted molar refractivity (Wildman–Crippen MR) is 72.9 cm³/mol. The average molecular weight is 301 g/mol. The van der Waals surface area contributed by atoms with Gasteiger partial charge in [0, 0.05) is 12.1 Å². The first-order valence-corrected chi connectivity index (χ1v) is 8.40. The van der Waals surface area contributed by atoms with Crippen LogP contribution in [0.25, 0.3) is 0 Å². The fraction of sp³-hybridized carbons (Fsp3) is 0.615. The van der Waals surface area contributed by atoms with Gasteiger partial charge in [0.25, 0.3) is 0 Å². The van der Waals surface area contributed by atoms with Gasteiger partial charge in [-0.1, -0.05) is 25.7 Å². The van der Waals surface area contributed by atoms with Gasteiger partial charge in [0.1, 0.15) is 0 Å². The largest absolute Gasteiger partial charge is 0.475 e. The Morgan fingerprint density at radius 1 is 1.40 bits per heavy atom. The van der Waals surface area contributed by atoms with Crippen molar-refractivity contribution in [1.29, 1.82) is 0 Å². The van der Waals surface area contributed by atoms with E-state index in [0.717, 1.165) is 12.8 Å². The number of hydrogen-bond acceptors (Lipinski definition) is 4. The Balaban J connectivity index is 1.85. The molecule has 2 N–H and O–H groups in total. The summed E-state index contributed by atoms with van der Waals surface area (Å²) in [5.41, 5.74) is 0.335. The minimum absolute atomic E-state index is 0.0505. The van der Waals surface area contributed by atoms with E-state index in [0.29, 0.717) is 17.9 Å². The Hall–Kier alpha value is -1.34. The zero-order valence-electron chi connectivity index (χ0n) is 11.2. The van der Waals surface area contributed by atoms with Crippen LogP contribution in [0.3, 0.4) is 0 Å². The van der Waals surface area contributed by atoms with E-state index in [9.17, 15) is 13.2 Å². The zero-order valence-corrected chi connectivity index (χ0v) is 12.0. The molecular weight excluding hydrogens is 282 g/mol. The van der Waals surface area contributed by atoms with Crippen LogP contribution in [0.15, 0.2) is 16.7 Å². The van der Waals surface area contributed by atoms with E-state index < -0.39 is 16.0 Å². The van der Waals surface area contributed by atoms with Gasteiger partial charge in [-0.3, -0.25) is 0 Å². The predicted octanol–water partition coefficient (Wildman–Crippen LogP) is 1.98. The lowest BCUT2D eigenvalue weighted by atomic mass is 10.1. The molecule has 20 heavy (non-hydrogen) atoms. The third-order valence-corrected chi connectivity index (χ3v) is 5.05. The Bertz CT molecular complexity index is 557. The summed E-state index contributed by atoms with van der Waals surface area (Å²) in [6, 6.07) is 1.46. The van der Waals surface area contributed by atoms with E-state index in [2.05, 4.69) is 4.72 Å². The molecule has 7 heteroatoms. The van der Waals surface area contributed by atoms with Crippen molar-refractivity contribution in [3.63, 3.8) is 0 Å². The van der Waals surface area contributed by atoms with E-state index in [4.69, 9.17) is 9.52 Å². The molecule has 0 amide bonds. The molecule has 0 radical (unpaired) electrons. The number of aromatic carboxylic acids is 1. The molecule has 0 unspecified atom stereocenters. The smallest absolute Gasteiger partial charge is 0.372 e. The fourth-order valence-corrected chi connectivity index (χ4v) is 3.71. The van der Waals surface area contributed by atoms with Gasteiger partial charge in [-0.05, 0) is 18.4 Å². The number of carbonyl (C=O) groups is 1.